The standard InChI is InChI=1S/C20H25NO2/c1-14(2)17-13-18(15(3)12-19(17)23-4)20(22)21-11-10-16-8-6-5-7-9-16/h5-9,12-14H,10-11H2,1-4H3,(H,21,22). The first-order chi connectivity index (χ1) is 11.0. The van der Waals surface area contributed by atoms with Gasteiger partial charge in [0, 0.05) is 12.1 Å². The van der Waals surface area contributed by atoms with Crippen molar-refractivity contribution < 1.29 is 9.53 Å². The number of methoxy groups -OCH3 is 1. The summed E-state index contributed by atoms with van der Waals surface area (Å²) in [6, 6.07) is 14.1. The van der Waals surface area contributed by atoms with Crippen LogP contribution >= 0.6 is 0 Å². The zero-order valence-electron chi connectivity index (χ0n) is 14.3. The molecule has 1 amide bonds. The molecule has 2 rings (SSSR count). The summed E-state index contributed by atoms with van der Waals surface area (Å²) >= 11 is 0. The van der Waals surface area contributed by atoms with E-state index in [9.17, 15) is 4.79 Å². The van der Waals surface area contributed by atoms with Gasteiger partial charge in [0.1, 0.15) is 5.75 Å². The van der Waals surface area contributed by atoms with Gasteiger partial charge in [0.15, 0.2) is 0 Å². The van der Waals surface area contributed by atoms with E-state index >= 15 is 0 Å². The van der Waals surface area contributed by atoms with Crippen LogP contribution in [0.15, 0.2) is 42.5 Å². The minimum atomic E-state index is -0.0250. The maximum atomic E-state index is 12.5. The summed E-state index contributed by atoms with van der Waals surface area (Å²) in [4.78, 5) is 12.5. The summed E-state index contributed by atoms with van der Waals surface area (Å²) in [6.45, 7) is 6.78. The minimum Gasteiger partial charge on any atom is -0.496 e. The number of amides is 1. The Labute approximate surface area is 138 Å². The molecule has 122 valence electrons. The molecule has 0 aliphatic rings. The zero-order valence-corrected chi connectivity index (χ0v) is 14.3. The van der Waals surface area contributed by atoms with E-state index in [2.05, 4.69) is 31.3 Å². The van der Waals surface area contributed by atoms with Gasteiger partial charge in [-0.1, -0.05) is 44.2 Å². The summed E-state index contributed by atoms with van der Waals surface area (Å²) in [5, 5.41) is 3.01. The Balaban J connectivity index is 2.08. The van der Waals surface area contributed by atoms with E-state index in [1.54, 1.807) is 7.11 Å². The Bertz CT molecular complexity index is 663. The van der Waals surface area contributed by atoms with Gasteiger partial charge in [-0.2, -0.15) is 0 Å². The summed E-state index contributed by atoms with van der Waals surface area (Å²) in [7, 11) is 1.67. The van der Waals surface area contributed by atoms with E-state index in [1.807, 2.05) is 37.3 Å². The molecule has 0 heterocycles. The summed E-state index contributed by atoms with van der Waals surface area (Å²) in [5.41, 5.74) is 3.94. The second-order valence-electron chi connectivity index (χ2n) is 6.06. The number of hydrogen-bond acceptors (Lipinski definition) is 2. The van der Waals surface area contributed by atoms with Gasteiger partial charge in [0.25, 0.3) is 5.91 Å². The van der Waals surface area contributed by atoms with Crippen molar-refractivity contribution in [2.75, 3.05) is 13.7 Å². The first-order valence-electron chi connectivity index (χ1n) is 8.03. The third-order valence-electron chi connectivity index (χ3n) is 3.99. The van der Waals surface area contributed by atoms with Gasteiger partial charge in [-0.15, -0.1) is 0 Å². The number of carbonyl (C=O) groups excluding carboxylic acids is 1. The lowest BCUT2D eigenvalue weighted by Gasteiger charge is -2.16. The van der Waals surface area contributed by atoms with Crippen LogP contribution in [-0.4, -0.2) is 19.6 Å². The highest BCUT2D eigenvalue weighted by Crippen LogP contribution is 2.29. The Morgan fingerprint density at radius 3 is 2.48 bits per heavy atom. The summed E-state index contributed by atoms with van der Waals surface area (Å²) < 4.78 is 5.43. The molecular formula is C20H25NO2. The average molecular weight is 311 g/mol. The number of nitrogens with one attached hydrogen (secondary N) is 1. The van der Waals surface area contributed by atoms with Crippen LogP contribution in [0.1, 0.15) is 46.8 Å². The molecule has 2 aromatic rings. The lowest BCUT2D eigenvalue weighted by Crippen LogP contribution is -2.26. The van der Waals surface area contributed by atoms with Crippen molar-refractivity contribution in [1.29, 1.82) is 0 Å². The van der Waals surface area contributed by atoms with Gasteiger partial charge >= 0.3 is 0 Å². The SMILES string of the molecule is COc1cc(C)c(C(=O)NCCc2ccccc2)cc1C(C)C. The number of aryl methyl sites for hydroxylation is 1. The van der Waals surface area contributed by atoms with Crippen molar-refractivity contribution in [3.05, 3.63) is 64.7 Å². The summed E-state index contributed by atoms with van der Waals surface area (Å²) in [5.74, 6) is 1.13. The molecule has 0 radical (unpaired) electrons. The molecule has 0 aliphatic heterocycles. The maximum absolute atomic E-state index is 12.5. The van der Waals surface area contributed by atoms with Crippen LogP contribution in [0.2, 0.25) is 0 Å². The molecule has 0 spiro atoms. The van der Waals surface area contributed by atoms with E-state index in [1.165, 1.54) is 5.56 Å². The van der Waals surface area contributed by atoms with Crippen LogP contribution in [0.3, 0.4) is 0 Å². The fourth-order valence-corrected chi connectivity index (χ4v) is 2.63. The maximum Gasteiger partial charge on any atom is 0.251 e. The molecule has 3 heteroatoms. The number of hydrogen-bond donors (Lipinski definition) is 1. The third kappa shape index (κ3) is 4.35. The van der Waals surface area contributed by atoms with Crippen LogP contribution in [-0.2, 0) is 6.42 Å². The smallest absolute Gasteiger partial charge is 0.251 e. The number of carbonyl (C=O) groups is 1. The van der Waals surface area contributed by atoms with Crippen molar-refractivity contribution in [3.63, 3.8) is 0 Å². The average Bonchev–Trinajstić information content (AvgIpc) is 2.55. The predicted octanol–water partition coefficient (Wildman–Crippen LogP) is 4.10. The van der Waals surface area contributed by atoms with Crippen molar-refractivity contribution >= 4 is 5.91 Å². The van der Waals surface area contributed by atoms with Gasteiger partial charge in [0.2, 0.25) is 0 Å². The molecule has 0 unspecified atom stereocenters. The quantitative estimate of drug-likeness (QED) is 0.872. The van der Waals surface area contributed by atoms with Crippen molar-refractivity contribution in [2.24, 2.45) is 0 Å². The normalized spacial score (nSPS) is 10.7. The molecule has 3 nitrogen and oxygen atoms in total. The van der Waals surface area contributed by atoms with Gasteiger partial charge in [0.05, 0.1) is 7.11 Å². The molecule has 0 saturated carbocycles. The second kappa shape index (κ2) is 7.82. The van der Waals surface area contributed by atoms with E-state index < -0.39 is 0 Å². The Morgan fingerprint density at radius 1 is 1.17 bits per heavy atom. The third-order valence-corrected chi connectivity index (χ3v) is 3.99. The molecule has 1 N–H and O–H groups in total. The Hall–Kier alpha value is -2.29. The van der Waals surface area contributed by atoms with Crippen LogP contribution in [0.25, 0.3) is 0 Å². The highest BCUT2D eigenvalue weighted by Gasteiger charge is 2.15. The van der Waals surface area contributed by atoms with E-state index in [-0.39, 0.29) is 5.91 Å². The number of rotatable bonds is 6. The van der Waals surface area contributed by atoms with Crippen molar-refractivity contribution in [3.8, 4) is 5.75 Å². The molecule has 2 aromatic carbocycles. The first-order valence-corrected chi connectivity index (χ1v) is 8.03. The van der Waals surface area contributed by atoms with Crippen LogP contribution in [0.4, 0.5) is 0 Å². The molecule has 0 saturated heterocycles. The lowest BCUT2D eigenvalue weighted by molar-refractivity contribution is 0.0953. The molecular weight excluding hydrogens is 286 g/mol. The first kappa shape index (κ1) is 17.1. The van der Waals surface area contributed by atoms with Crippen molar-refractivity contribution in [2.45, 2.75) is 33.1 Å². The van der Waals surface area contributed by atoms with Crippen LogP contribution in [0, 0.1) is 6.92 Å². The van der Waals surface area contributed by atoms with E-state index in [4.69, 9.17) is 4.74 Å². The molecule has 23 heavy (non-hydrogen) atoms. The molecule has 0 bridgehead atoms. The fourth-order valence-electron chi connectivity index (χ4n) is 2.63. The zero-order chi connectivity index (χ0) is 16.8. The van der Waals surface area contributed by atoms with Crippen LogP contribution < -0.4 is 10.1 Å². The lowest BCUT2D eigenvalue weighted by atomic mass is 9.96. The van der Waals surface area contributed by atoms with Gasteiger partial charge in [-0.05, 0) is 48.1 Å². The highest BCUT2D eigenvalue weighted by atomic mass is 16.5. The van der Waals surface area contributed by atoms with Gasteiger partial charge in [-0.3, -0.25) is 4.79 Å². The molecule has 0 fully saturated rings. The molecule has 0 aromatic heterocycles. The monoisotopic (exact) mass is 311 g/mol. The largest absolute Gasteiger partial charge is 0.496 e. The number of benzene rings is 2. The van der Waals surface area contributed by atoms with Gasteiger partial charge in [-0.25, -0.2) is 0 Å². The molecule has 0 aliphatic carbocycles. The molecule has 0 atom stereocenters. The fraction of sp³-hybridized carbons (Fsp3) is 0.350. The Morgan fingerprint density at radius 2 is 1.87 bits per heavy atom. The second-order valence-corrected chi connectivity index (χ2v) is 6.06. The minimum absolute atomic E-state index is 0.0250. The van der Waals surface area contributed by atoms with E-state index in [0.29, 0.717) is 12.5 Å². The highest BCUT2D eigenvalue weighted by molar-refractivity contribution is 5.96. The van der Waals surface area contributed by atoms with Crippen molar-refractivity contribution in [1.82, 2.24) is 5.32 Å². The Kier molecular flexibility index (Phi) is 5.80. The predicted molar refractivity (Wildman–Crippen MR) is 94.3 cm³/mol. The topological polar surface area (TPSA) is 38.3 Å². The summed E-state index contributed by atoms with van der Waals surface area (Å²) in [6.07, 6.45) is 0.832. The van der Waals surface area contributed by atoms with Crippen LogP contribution in [0.5, 0.6) is 5.75 Å². The van der Waals surface area contributed by atoms with Gasteiger partial charge < -0.3 is 10.1 Å². The van der Waals surface area contributed by atoms with E-state index in [0.717, 1.165) is 28.9 Å². The number of ether oxygens (including phenoxy) is 1.